The summed E-state index contributed by atoms with van der Waals surface area (Å²) in [6, 6.07) is 11.5. The van der Waals surface area contributed by atoms with Crippen LogP contribution in [0, 0.1) is 11.7 Å². The minimum absolute atomic E-state index is 0.217. The normalized spacial score (nSPS) is 15.0. The minimum Gasteiger partial charge on any atom is -0.497 e. The lowest BCUT2D eigenvalue weighted by Crippen LogP contribution is -2.34. The highest BCUT2D eigenvalue weighted by Gasteiger charge is 2.25. The Balaban J connectivity index is 1.89. The van der Waals surface area contributed by atoms with Crippen LogP contribution in [0.4, 0.5) is 10.1 Å². The third-order valence-corrected chi connectivity index (χ3v) is 5.48. The number of benzene rings is 2. The standard InChI is InChI=1S/C23H23FN2O2/c1-15-8-10-26(11-9-15)22-19-13-18(28-2)6-7-21(19)25-14-20(22)23(27)16-4-3-5-17(24)12-16/h3-7,12-15H,8-11H2,1-2H3. The van der Waals surface area contributed by atoms with Crippen LogP contribution in [0.15, 0.2) is 48.7 Å². The van der Waals surface area contributed by atoms with Gasteiger partial charge in [-0.3, -0.25) is 9.78 Å². The van der Waals surface area contributed by atoms with Crippen LogP contribution in [-0.4, -0.2) is 31.0 Å². The third-order valence-electron chi connectivity index (χ3n) is 5.48. The summed E-state index contributed by atoms with van der Waals surface area (Å²) in [6.45, 7) is 4.01. The predicted molar refractivity (Wildman–Crippen MR) is 109 cm³/mol. The molecule has 0 unspecified atom stereocenters. The van der Waals surface area contributed by atoms with E-state index in [1.54, 1.807) is 25.4 Å². The van der Waals surface area contributed by atoms with E-state index in [-0.39, 0.29) is 5.78 Å². The van der Waals surface area contributed by atoms with Crippen LogP contribution in [0.1, 0.15) is 35.7 Å². The van der Waals surface area contributed by atoms with Gasteiger partial charge in [0.15, 0.2) is 5.78 Å². The van der Waals surface area contributed by atoms with Gasteiger partial charge < -0.3 is 9.64 Å². The summed E-state index contributed by atoms with van der Waals surface area (Å²) in [6.07, 6.45) is 3.76. The second-order valence-electron chi connectivity index (χ2n) is 7.41. The number of carbonyl (C=O) groups excluding carboxylic acids is 1. The smallest absolute Gasteiger partial charge is 0.196 e. The molecule has 0 saturated carbocycles. The quantitative estimate of drug-likeness (QED) is 0.609. The molecule has 1 aliphatic rings. The van der Waals surface area contributed by atoms with Crippen LogP contribution in [-0.2, 0) is 0 Å². The molecule has 3 aromatic rings. The Morgan fingerprint density at radius 3 is 2.68 bits per heavy atom. The van der Waals surface area contributed by atoms with E-state index in [1.807, 2.05) is 18.2 Å². The molecule has 5 heteroatoms. The molecular formula is C23H23FN2O2. The molecule has 0 N–H and O–H groups in total. The molecule has 1 aromatic heterocycles. The highest BCUT2D eigenvalue weighted by atomic mass is 19.1. The van der Waals surface area contributed by atoms with Crippen LogP contribution >= 0.6 is 0 Å². The molecule has 1 saturated heterocycles. The van der Waals surface area contributed by atoms with E-state index in [9.17, 15) is 9.18 Å². The van der Waals surface area contributed by atoms with Gasteiger partial charge in [0.2, 0.25) is 0 Å². The maximum Gasteiger partial charge on any atom is 0.196 e. The van der Waals surface area contributed by atoms with Crippen molar-refractivity contribution in [1.29, 1.82) is 0 Å². The average molecular weight is 378 g/mol. The molecule has 0 amide bonds. The van der Waals surface area contributed by atoms with Gasteiger partial charge in [-0.25, -0.2) is 4.39 Å². The fourth-order valence-corrected chi connectivity index (χ4v) is 3.81. The lowest BCUT2D eigenvalue weighted by molar-refractivity contribution is 0.103. The molecule has 0 bridgehead atoms. The monoisotopic (exact) mass is 378 g/mol. The van der Waals surface area contributed by atoms with Crippen LogP contribution in [0.25, 0.3) is 10.9 Å². The number of fused-ring (bicyclic) bond motifs is 1. The Morgan fingerprint density at radius 1 is 1.18 bits per heavy atom. The number of methoxy groups -OCH3 is 1. The molecule has 1 fully saturated rings. The number of hydrogen-bond donors (Lipinski definition) is 0. The number of carbonyl (C=O) groups is 1. The first kappa shape index (κ1) is 18.4. The number of ketones is 1. The summed E-state index contributed by atoms with van der Waals surface area (Å²) >= 11 is 0. The maximum absolute atomic E-state index is 13.7. The number of rotatable bonds is 4. The second-order valence-corrected chi connectivity index (χ2v) is 7.41. The van der Waals surface area contributed by atoms with Gasteiger partial charge in [-0.15, -0.1) is 0 Å². The van der Waals surface area contributed by atoms with E-state index in [4.69, 9.17) is 4.74 Å². The van der Waals surface area contributed by atoms with E-state index < -0.39 is 5.82 Å². The van der Waals surface area contributed by atoms with Gasteiger partial charge >= 0.3 is 0 Å². The van der Waals surface area contributed by atoms with Crippen LogP contribution in [0.2, 0.25) is 0 Å². The Bertz CT molecular complexity index is 1030. The molecule has 144 valence electrons. The Labute approximate surface area is 164 Å². The third kappa shape index (κ3) is 3.44. The first-order valence-electron chi connectivity index (χ1n) is 9.59. The minimum atomic E-state index is -0.422. The summed E-state index contributed by atoms with van der Waals surface area (Å²) in [4.78, 5) is 20.0. The molecular weight excluding hydrogens is 355 g/mol. The topological polar surface area (TPSA) is 42.4 Å². The molecule has 4 rings (SSSR count). The van der Waals surface area contributed by atoms with E-state index >= 15 is 0 Å². The van der Waals surface area contributed by atoms with Gasteiger partial charge in [0.05, 0.1) is 23.9 Å². The van der Waals surface area contributed by atoms with E-state index in [0.29, 0.717) is 17.0 Å². The van der Waals surface area contributed by atoms with Crippen LogP contribution in [0.5, 0.6) is 5.75 Å². The fourth-order valence-electron chi connectivity index (χ4n) is 3.81. The maximum atomic E-state index is 13.7. The summed E-state index contributed by atoms with van der Waals surface area (Å²) in [5, 5.41) is 0.885. The number of nitrogens with zero attached hydrogens (tertiary/aromatic N) is 2. The molecule has 0 spiro atoms. The number of hydrogen-bond acceptors (Lipinski definition) is 4. The molecule has 2 aromatic carbocycles. The molecule has 28 heavy (non-hydrogen) atoms. The molecule has 0 radical (unpaired) electrons. The Kier molecular flexibility index (Phi) is 4.99. The van der Waals surface area contributed by atoms with Gasteiger partial charge in [-0.1, -0.05) is 19.1 Å². The molecule has 0 aliphatic carbocycles. The summed E-state index contributed by atoms with van der Waals surface area (Å²) in [5.41, 5.74) is 2.51. The van der Waals surface area contributed by atoms with Gasteiger partial charge in [0.25, 0.3) is 0 Å². The van der Waals surface area contributed by atoms with Crippen molar-refractivity contribution in [2.75, 3.05) is 25.1 Å². The largest absolute Gasteiger partial charge is 0.497 e. The number of ether oxygens (including phenoxy) is 1. The van der Waals surface area contributed by atoms with E-state index in [0.717, 1.165) is 48.3 Å². The van der Waals surface area contributed by atoms with Gasteiger partial charge in [0.1, 0.15) is 11.6 Å². The highest BCUT2D eigenvalue weighted by Crippen LogP contribution is 2.35. The first-order valence-corrected chi connectivity index (χ1v) is 9.59. The number of anilines is 1. The van der Waals surface area contributed by atoms with Crippen molar-refractivity contribution < 1.29 is 13.9 Å². The number of pyridine rings is 1. The SMILES string of the molecule is COc1ccc2ncc(C(=O)c3cccc(F)c3)c(N3CCC(C)CC3)c2c1. The second kappa shape index (κ2) is 7.58. The van der Waals surface area contributed by atoms with Crippen molar-refractivity contribution >= 4 is 22.4 Å². The van der Waals surface area contributed by atoms with Gasteiger partial charge in [-0.2, -0.15) is 0 Å². The van der Waals surface area contributed by atoms with Crippen molar-refractivity contribution in [3.05, 3.63) is 65.6 Å². The molecule has 2 heterocycles. The fraction of sp³-hybridized carbons (Fsp3) is 0.304. The zero-order chi connectivity index (χ0) is 19.7. The number of aromatic nitrogens is 1. The number of halogens is 1. The molecule has 0 atom stereocenters. The van der Waals surface area contributed by atoms with Gasteiger partial charge in [0, 0.05) is 30.2 Å². The zero-order valence-electron chi connectivity index (χ0n) is 16.1. The Morgan fingerprint density at radius 2 is 1.96 bits per heavy atom. The van der Waals surface area contributed by atoms with Crippen LogP contribution < -0.4 is 9.64 Å². The Hall–Kier alpha value is -2.95. The lowest BCUT2D eigenvalue weighted by Gasteiger charge is -2.34. The number of piperidine rings is 1. The van der Waals surface area contributed by atoms with Crippen molar-refractivity contribution in [1.82, 2.24) is 4.98 Å². The molecule has 4 nitrogen and oxygen atoms in total. The van der Waals surface area contributed by atoms with Crippen LogP contribution in [0.3, 0.4) is 0 Å². The summed E-state index contributed by atoms with van der Waals surface area (Å²) in [7, 11) is 1.62. The predicted octanol–water partition coefficient (Wildman–Crippen LogP) is 4.85. The average Bonchev–Trinajstić information content (AvgIpc) is 2.72. The van der Waals surface area contributed by atoms with Gasteiger partial charge in [-0.05, 0) is 49.1 Å². The summed E-state index contributed by atoms with van der Waals surface area (Å²) < 4.78 is 19.1. The summed E-state index contributed by atoms with van der Waals surface area (Å²) in [5.74, 6) is 0.748. The van der Waals surface area contributed by atoms with Crippen molar-refractivity contribution in [3.8, 4) is 5.75 Å². The van der Waals surface area contributed by atoms with Crippen molar-refractivity contribution in [2.45, 2.75) is 19.8 Å². The van der Waals surface area contributed by atoms with E-state index in [2.05, 4.69) is 16.8 Å². The zero-order valence-corrected chi connectivity index (χ0v) is 16.1. The van der Waals surface area contributed by atoms with Crippen molar-refractivity contribution in [2.24, 2.45) is 5.92 Å². The van der Waals surface area contributed by atoms with E-state index in [1.165, 1.54) is 12.1 Å². The first-order chi connectivity index (χ1) is 13.6. The molecule has 1 aliphatic heterocycles. The van der Waals surface area contributed by atoms with Crippen molar-refractivity contribution in [3.63, 3.8) is 0 Å². The lowest BCUT2D eigenvalue weighted by atomic mass is 9.95. The highest BCUT2D eigenvalue weighted by molar-refractivity contribution is 6.16.